The van der Waals surface area contributed by atoms with Crippen LogP contribution in [-0.4, -0.2) is 18.2 Å². The average molecular weight is 169 g/mol. The molecule has 2 nitrogen and oxygen atoms in total. The van der Waals surface area contributed by atoms with Gasteiger partial charge >= 0.3 is 0 Å². The molecule has 1 aliphatic carbocycles. The zero-order valence-electron chi connectivity index (χ0n) is 7.72. The Morgan fingerprint density at radius 1 is 1.17 bits per heavy atom. The average Bonchev–Trinajstić information content (AvgIpc) is 2.05. The lowest BCUT2D eigenvalue weighted by Crippen LogP contribution is -2.46. The van der Waals surface area contributed by atoms with E-state index in [0.717, 1.165) is 19.4 Å². The lowest BCUT2D eigenvalue weighted by atomic mass is 9.78. The summed E-state index contributed by atoms with van der Waals surface area (Å²) in [6.45, 7) is 0.890. The summed E-state index contributed by atoms with van der Waals surface area (Å²) in [6, 6.07) is 0.400. The van der Waals surface area contributed by atoms with Crippen LogP contribution in [0.15, 0.2) is 0 Å². The summed E-state index contributed by atoms with van der Waals surface area (Å²) in [7, 11) is 0. The van der Waals surface area contributed by atoms with Gasteiger partial charge in [-0.2, -0.15) is 0 Å². The maximum absolute atomic E-state index is 5.96. The first-order chi connectivity index (χ1) is 5.81. The van der Waals surface area contributed by atoms with Crippen LogP contribution >= 0.6 is 0 Å². The van der Waals surface area contributed by atoms with Crippen LogP contribution in [0.3, 0.4) is 0 Å². The van der Waals surface area contributed by atoms with E-state index in [1.54, 1.807) is 0 Å². The van der Waals surface area contributed by atoms with Gasteiger partial charge in [0, 0.05) is 12.6 Å². The second-order valence-electron chi connectivity index (χ2n) is 4.35. The maximum atomic E-state index is 5.96. The summed E-state index contributed by atoms with van der Waals surface area (Å²) < 4.78 is 5.90. The smallest absolute Gasteiger partial charge is 0.0697 e. The molecule has 1 atom stereocenters. The molecule has 2 rings (SSSR count). The van der Waals surface area contributed by atoms with Gasteiger partial charge in [-0.1, -0.05) is 19.3 Å². The fourth-order valence-electron chi connectivity index (χ4n) is 2.61. The molecule has 0 radical (unpaired) electrons. The molecule has 70 valence electrons. The first-order valence-corrected chi connectivity index (χ1v) is 5.20. The molecule has 1 saturated heterocycles. The normalized spacial score (nSPS) is 35.2. The Balaban J connectivity index is 1.97. The number of rotatable bonds is 0. The van der Waals surface area contributed by atoms with Crippen LogP contribution in [0.2, 0.25) is 0 Å². The minimum absolute atomic E-state index is 0.204. The molecule has 2 fully saturated rings. The Morgan fingerprint density at radius 3 is 2.58 bits per heavy atom. The molecule has 2 N–H and O–H groups in total. The second-order valence-corrected chi connectivity index (χ2v) is 4.35. The summed E-state index contributed by atoms with van der Waals surface area (Å²) in [4.78, 5) is 0. The van der Waals surface area contributed by atoms with Crippen molar-refractivity contribution in [3.8, 4) is 0 Å². The van der Waals surface area contributed by atoms with Crippen LogP contribution in [0, 0.1) is 0 Å². The van der Waals surface area contributed by atoms with E-state index in [-0.39, 0.29) is 5.60 Å². The quantitative estimate of drug-likeness (QED) is 0.600. The zero-order valence-corrected chi connectivity index (χ0v) is 7.72. The molecular weight excluding hydrogens is 150 g/mol. The van der Waals surface area contributed by atoms with Crippen LogP contribution in [0.5, 0.6) is 0 Å². The summed E-state index contributed by atoms with van der Waals surface area (Å²) in [5.41, 5.74) is 6.16. The molecule has 12 heavy (non-hydrogen) atoms. The van der Waals surface area contributed by atoms with E-state index >= 15 is 0 Å². The van der Waals surface area contributed by atoms with Crippen molar-refractivity contribution in [2.24, 2.45) is 5.73 Å². The minimum Gasteiger partial charge on any atom is -0.375 e. The van der Waals surface area contributed by atoms with Crippen molar-refractivity contribution in [3.63, 3.8) is 0 Å². The fraction of sp³-hybridized carbons (Fsp3) is 1.00. The third kappa shape index (κ3) is 1.64. The number of hydrogen-bond donors (Lipinski definition) is 1. The van der Waals surface area contributed by atoms with Crippen LogP contribution in [0.25, 0.3) is 0 Å². The molecule has 0 aromatic heterocycles. The summed E-state index contributed by atoms with van der Waals surface area (Å²) in [6.07, 6.45) is 8.73. The SMILES string of the molecule is N[C@@H]1CCOC2(CCCCC2)C1. The molecule has 1 heterocycles. The van der Waals surface area contributed by atoms with E-state index in [4.69, 9.17) is 10.5 Å². The monoisotopic (exact) mass is 169 g/mol. The van der Waals surface area contributed by atoms with Gasteiger partial charge in [0.05, 0.1) is 5.60 Å². The van der Waals surface area contributed by atoms with Crippen LogP contribution < -0.4 is 5.73 Å². The number of ether oxygens (including phenoxy) is 1. The molecule has 0 bridgehead atoms. The first-order valence-electron chi connectivity index (χ1n) is 5.20. The van der Waals surface area contributed by atoms with Crippen molar-refractivity contribution in [2.45, 2.75) is 56.6 Å². The third-order valence-electron chi connectivity index (χ3n) is 3.30. The molecule has 0 unspecified atom stereocenters. The highest BCUT2D eigenvalue weighted by Gasteiger charge is 2.37. The predicted molar refractivity (Wildman–Crippen MR) is 49.0 cm³/mol. The lowest BCUT2D eigenvalue weighted by Gasteiger charge is -2.42. The summed E-state index contributed by atoms with van der Waals surface area (Å²) in [5, 5.41) is 0. The molecule has 0 aromatic rings. The molecule has 1 spiro atoms. The number of hydrogen-bond acceptors (Lipinski definition) is 2. The summed E-state index contributed by atoms with van der Waals surface area (Å²) >= 11 is 0. The van der Waals surface area contributed by atoms with Crippen molar-refractivity contribution in [1.29, 1.82) is 0 Å². The number of nitrogens with two attached hydrogens (primary N) is 1. The first kappa shape index (κ1) is 8.52. The lowest BCUT2D eigenvalue weighted by molar-refractivity contribution is -0.105. The van der Waals surface area contributed by atoms with Crippen LogP contribution in [0.1, 0.15) is 44.9 Å². The Morgan fingerprint density at radius 2 is 1.92 bits per heavy atom. The highest BCUT2D eigenvalue weighted by molar-refractivity contribution is 4.90. The highest BCUT2D eigenvalue weighted by Crippen LogP contribution is 2.37. The van der Waals surface area contributed by atoms with Gasteiger partial charge in [-0.05, 0) is 25.7 Å². The topological polar surface area (TPSA) is 35.2 Å². The second kappa shape index (κ2) is 3.35. The predicted octanol–water partition coefficient (Wildman–Crippen LogP) is 1.83. The largest absolute Gasteiger partial charge is 0.375 e. The van der Waals surface area contributed by atoms with E-state index in [1.165, 1.54) is 32.1 Å². The van der Waals surface area contributed by atoms with Crippen molar-refractivity contribution in [2.75, 3.05) is 6.61 Å². The fourth-order valence-corrected chi connectivity index (χ4v) is 2.61. The van der Waals surface area contributed by atoms with Crippen molar-refractivity contribution >= 4 is 0 Å². The highest BCUT2D eigenvalue weighted by atomic mass is 16.5. The van der Waals surface area contributed by atoms with Gasteiger partial charge in [-0.3, -0.25) is 0 Å². The van der Waals surface area contributed by atoms with E-state index < -0.39 is 0 Å². The Kier molecular flexibility index (Phi) is 2.37. The van der Waals surface area contributed by atoms with Gasteiger partial charge in [-0.25, -0.2) is 0 Å². The van der Waals surface area contributed by atoms with Crippen LogP contribution in [0.4, 0.5) is 0 Å². The molecule has 0 amide bonds. The zero-order chi connectivity index (χ0) is 8.44. The van der Waals surface area contributed by atoms with Crippen molar-refractivity contribution < 1.29 is 4.74 Å². The minimum atomic E-state index is 0.204. The van der Waals surface area contributed by atoms with E-state index in [9.17, 15) is 0 Å². The Bertz CT molecular complexity index is 146. The van der Waals surface area contributed by atoms with Crippen LogP contribution in [-0.2, 0) is 4.74 Å². The van der Waals surface area contributed by atoms with Gasteiger partial charge in [-0.15, -0.1) is 0 Å². The van der Waals surface area contributed by atoms with Gasteiger partial charge in [0.15, 0.2) is 0 Å². The van der Waals surface area contributed by atoms with Crippen molar-refractivity contribution in [3.05, 3.63) is 0 Å². The van der Waals surface area contributed by atoms with Gasteiger partial charge < -0.3 is 10.5 Å². The van der Waals surface area contributed by atoms with Crippen molar-refractivity contribution in [1.82, 2.24) is 0 Å². The van der Waals surface area contributed by atoms with E-state index in [0.29, 0.717) is 6.04 Å². The molecule has 1 saturated carbocycles. The molecule has 1 aliphatic heterocycles. The molecule has 2 heteroatoms. The Hall–Kier alpha value is -0.0800. The standard InChI is InChI=1S/C10H19NO/c11-9-4-7-12-10(8-9)5-2-1-3-6-10/h9H,1-8,11H2/t9-/m1/s1. The maximum Gasteiger partial charge on any atom is 0.0697 e. The molecule has 0 aromatic carbocycles. The van der Waals surface area contributed by atoms with Gasteiger partial charge in [0.1, 0.15) is 0 Å². The third-order valence-corrected chi connectivity index (χ3v) is 3.30. The van der Waals surface area contributed by atoms with E-state index in [1.807, 2.05) is 0 Å². The van der Waals surface area contributed by atoms with Gasteiger partial charge in [0.25, 0.3) is 0 Å². The molecular formula is C10H19NO. The van der Waals surface area contributed by atoms with Gasteiger partial charge in [0.2, 0.25) is 0 Å². The summed E-state index contributed by atoms with van der Waals surface area (Å²) in [5.74, 6) is 0. The Labute approximate surface area is 74.5 Å². The molecule has 2 aliphatic rings. The van der Waals surface area contributed by atoms with E-state index in [2.05, 4.69) is 0 Å².